The topological polar surface area (TPSA) is 241 Å². The average Bonchev–Trinajstić information content (AvgIpc) is 3.46. The number of aromatic nitrogens is 4. The van der Waals surface area contributed by atoms with Gasteiger partial charge in [0.25, 0.3) is 5.56 Å². The number of phosphoric acid groups is 1. The van der Waals surface area contributed by atoms with Crippen LogP contribution in [0.2, 0.25) is 0 Å². The fraction of sp³-hybridized carbons (Fsp3) is 0.318. The number of aliphatic carboxylic acids is 1. The number of nitrogens with one attached hydrogen (secondary N) is 1. The molecule has 210 valence electrons. The highest BCUT2D eigenvalue weighted by molar-refractivity contribution is 7.48. The lowest BCUT2D eigenvalue weighted by atomic mass is 10.1. The Balaban J connectivity index is 1.19. The first-order valence-electron chi connectivity index (χ1n) is 11.6. The molecule has 1 aromatic carbocycles. The van der Waals surface area contributed by atoms with E-state index < -0.39 is 62.7 Å². The third-order valence-corrected chi connectivity index (χ3v) is 7.64. The van der Waals surface area contributed by atoms with Gasteiger partial charge in [0.15, 0.2) is 24.0 Å². The Morgan fingerprint density at radius 3 is 2.92 bits per heavy atom. The van der Waals surface area contributed by atoms with Crippen molar-refractivity contribution in [2.45, 2.75) is 31.1 Å². The Labute approximate surface area is 221 Å². The first-order chi connectivity index (χ1) is 19.1. The van der Waals surface area contributed by atoms with Crippen molar-refractivity contribution in [2.24, 2.45) is 0 Å². The van der Waals surface area contributed by atoms with Crippen LogP contribution in [-0.2, 0) is 34.3 Å². The number of nitrogens with two attached hydrogens (primary N) is 1. The number of aliphatic hydroxyl groups is 1. The van der Waals surface area contributed by atoms with Crippen LogP contribution in [0, 0.1) is 0 Å². The summed E-state index contributed by atoms with van der Waals surface area (Å²) in [7, 11) is -4.26. The van der Waals surface area contributed by atoms with Crippen LogP contribution in [0.1, 0.15) is 11.8 Å². The summed E-state index contributed by atoms with van der Waals surface area (Å²) in [6.07, 6.45) is -3.26. The van der Waals surface area contributed by atoms with E-state index in [1.54, 1.807) is 0 Å². The molecule has 0 bridgehead atoms. The van der Waals surface area contributed by atoms with Crippen LogP contribution in [0.5, 0.6) is 5.75 Å². The third kappa shape index (κ3) is 4.74. The smallest absolute Gasteiger partial charge is 0.475 e. The van der Waals surface area contributed by atoms with Gasteiger partial charge in [0.2, 0.25) is 5.95 Å². The van der Waals surface area contributed by atoms with Crippen molar-refractivity contribution in [2.75, 3.05) is 18.9 Å². The number of ether oxygens (including phenoxy) is 2. The summed E-state index contributed by atoms with van der Waals surface area (Å²) in [5, 5.41) is 20.2. The standard InChI is InChI=1S/C22H20N5O12P/c23-22-25-19-16(20(32)26-22)24-8-27(19)21-17(31)18-13(38-21)6-36-40(33,39-18)35-5-9-3-15(30)37-12-4-10(1-2-11(9)12)34-7-14(28)29/h1-4,8,13,17-18,21,31H,5-7H2,(H,28,29)(H3,23,25,26,32)/t13-,17-,18-,21-,40?/m1/s1. The summed E-state index contributed by atoms with van der Waals surface area (Å²) in [4.78, 5) is 45.3. The molecular formula is C22H20N5O12P. The van der Waals surface area contributed by atoms with Gasteiger partial charge in [-0.25, -0.2) is 19.1 Å². The Morgan fingerprint density at radius 1 is 1.30 bits per heavy atom. The van der Waals surface area contributed by atoms with Gasteiger partial charge < -0.3 is 29.8 Å². The maximum atomic E-state index is 13.3. The number of carboxylic acids is 1. The Kier molecular flexibility index (Phi) is 6.41. The minimum Gasteiger partial charge on any atom is -0.482 e. The fourth-order valence-electron chi connectivity index (χ4n) is 4.47. The van der Waals surface area contributed by atoms with E-state index in [2.05, 4.69) is 15.0 Å². The van der Waals surface area contributed by atoms with Crippen molar-refractivity contribution in [3.05, 3.63) is 56.9 Å². The summed E-state index contributed by atoms with van der Waals surface area (Å²) in [5.41, 5.74) is 4.72. The van der Waals surface area contributed by atoms with Crippen molar-refractivity contribution >= 4 is 41.9 Å². The van der Waals surface area contributed by atoms with Crippen LogP contribution in [-0.4, -0.2) is 67.2 Å². The van der Waals surface area contributed by atoms with Crippen LogP contribution >= 0.6 is 7.82 Å². The number of hydrogen-bond acceptors (Lipinski definition) is 14. The van der Waals surface area contributed by atoms with Crippen molar-refractivity contribution in [1.82, 2.24) is 19.5 Å². The highest BCUT2D eigenvalue weighted by atomic mass is 31.2. The van der Waals surface area contributed by atoms with Gasteiger partial charge in [0, 0.05) is 17.5 Å². The van der Waals surface area contributed by atoms with Gasteiger partial charge >= 0.3 is 19.4 Å². The van der Waals surface area contributed by atoms with Gasteiger partial charge in [-0.1, -0.05) is 0 Å². The average molecular weight is 577 g/mol. The molecule has 0 spiro atoms. The fourth-order valence-corrected chi connectivity index (χ4v) is 5.85. The Morgan fingerprint density at radius 2 is 2.12 bits per heavy atom. The molecule has 2 saturated heterocycles. The van der Waals surface area contributed by atoms with E-state index in [0.29, 0.717) is 5.39 Å². The van der Waals surface area contributed by atoms with E-state index in [1.807, 2.05) is 0 Å². The molecule has 0 saturated carbocycles. The second-order valence-corrected chi connectivity index (χ2v) is 10.5. The number of H-pyrrole nitrogens is 1. The molecule has 2 aliphatic rings. The maximum absolute atomic E-state index is 13.3. The molecule has 6 rings (SSSR count). The molecular weight excluding hydrogens is 557 g/mol. The molecule has 40 heavy (non-hydrogen) atoms. The quantitative estimate of drug-likeness (QED) is 0.170. The highest BCUT2D eigenvalue weighted by Crippen LogP contribution is 2.57. The van der Waals surface area contributed by atoms with Crippen LogP contribution in [0.4, 0.5) is 5.95 Å². The summed E-state index contributed by atoms with van der Waals surface area (Å²) >= 11 is 0. The number of anilines is 1. The molecule has 3 aromatic heterocycles. The molecule has 5 N–H and O–H groups in total. The number of nitrogen functional groups attached to an aromatic ring is 1. The number of aromatic amines is 1. The Hall–Kier alpha value is -4.12. The number of fused-ring (bicyclic) bond motifs is 3. The number of imidazole rings is 1. The molecule has 2 fully saturated rings. The number of aliphatic hydroxyl groups excluding tert-OH is 1. The van der Waals surface area contributed by atoms with Gasteiger partial charge in [-0.2, -0.15) is 4.98 Å². The lowest BCUT2D eigenvalue weighted by molar-refractivity contribution is -0.139. The SMILES string of the molecule is Nc1nc2c(ncn2[C@@H]2O[C@@H]3COP(=O)(OCc4cc(=O)oc5cc(OCC(=O)O)ccc45)O[C@H]3[C@H]2O)c(=O)[nH]1. The molecule has 0 amide bonds. The second-order valence-electron chi connectivity index (χ2n) is 8.85. The molecule has 17 nitrogen and oxygen atoms in total. The van der Waals surface area contributed by atoms with Crippen LogP contribution in [0.15, 0.2) is 44.6 Å². The number of phosphoric ester groups is 1. The molecule has 18 heteroatoms. The zero-order valence-corrected chi connectivity index (χ0v) is 21.1. The van der Waals surface area contributed by atoms with Crippen molar-refractivity contribution < 1.29 is 47.0 Å². The lowest BCUT2D eigenvalue weighted by Gasteiger charge is -2.30. The molecule has 5 atom stereocenters. The number of nitrogens with zero attached hydrogens (tertiary/aromatic N) is 3. The van der Waals surface area contributed by atoms with E-state index in [-0.39, 0.29) is 40.6 Å². The first-order valence-corrected chi connectivity index (χ1v) is 13.1. The summed E-state index contributed by atoms with van der Waals surface area (Å²) < 4.78 is 47.1. The minimum atomic E-state index is -4.26. The minimum absolute atomic E-state index is 0.0221. The number of benzene rings is 1. The van der Waals surface area contributed by atoms with Gasteiger partial charge in [-0.15, -0.1) is 0 Å². The second kappa shape index (κ2) is 9.81. The van der Waals surface area contributed by atoms with Gasteiger partial charge in [-0.05, 0) is 17.7 Å². The summed E-state index contributed by atoms with van der Waals surface area (Å²) in [6.45, 7) is -1.25. The van der Waals surface area contributed by atoms with Gasteiger partial charge in [0.1, 0.15) is 29.6 Å². The van der Waals surface area contributed by atoms with Gasteiger partial charge in [-0.3, -0.25) is 27.9 Å². The molecule has 0 aliphatic carbocycles. The first kappa shape index (κ1) is 26.1. The third-order valence-electron chi connectivity index (χ3n) is 6.22. The molecule has 4 aromatic rings. The van der Waals surface area contributed by atoms with Crippen LogP contribution in [0.3, 0.4) is 0 Å². The van der Waals surface area contributed by atoms with Crippen molar-refractivity contribution in [1.29, 1.82) is 0 Å². The largest absolute Gasteiger partial charge is 0.482 e. The van der Waals surface area contributed by atoms with Crippen molar-refractivity contribution in [3.8, 4) is 5.75 Å². The normalized spacial score (nSPS) is 26.2. The van der Waals surface area contributed by atoms with Crippen molar-refractivity contribution in [3.63, 3.8) is 0 Å². The van der Waals surface area contributed by atoms with E-state index in [4.69, 9.17) is 38.3 Å². The van der Waals surface area contributed by atoms with Crippen LogP contribution < -0.4 is 21.7 Å². The van der Waals surface area contributed by atoms with E-state index >= 15 is 0 Å². The van der Waals surface area contributed by atoms with E-state index in [1.165, 1.54) is 29.1 Å². The summed E-state index contributed by atoms with van der Waals surface area (Å²) in [5.74, 6) is -1.18. The monoisotopic (exact) mass is 577 g/mol. The summed E-state index contributed by atoms with van der Waals surface area (Å²) in [6, 6.07) is 5.46. The predicted molar refractivity (Wildman–Crippen MR) is 131 cm³/mol. The number of carboxylic acid groups (broad SMARTS) is 1. The zero-order chi connectivity index (χ0) is 28.2. The highest BCUT2D eigenvalue weighted by Gasteiger charge is 2.53. The van der Waals surface area contributed by atoms with Crippen LogP contribution in [0.25, 0.3) is 22.1 Å². The number of hydrogen-bond donors (Lipinski definition) is 4. The molecule has 2 aliphatic heterocycles. The van der Waals surface area contributed by atoms with Gasteiger partial charge in [0.05, 0.1) is 19.5 Å². The number of rotatable bonds is 7. The van der Waals surface area contributed by atoms with E-state index in [9.17, 15) is 24.1 Å². The lowest BCUT2D eigenvalue weighted by Crippen LogP contribution is -2.39. The zero-order valence-electron chi connectivity index (χ0n) is 20.2. The van der Waals surface area contributed by atoms with E-state index in [0.717, 1.165) is 6.07 Å². The molecule has 1 unspecified atom stereocenters. The molecule has 0 radical (unpaired) electrons. The number of carbonyl (C=O) groups is 1. The Bertz CT molecular complexity index is 1800. The predicted octanol–water partition coefficient (Wildman–Crippen LogP) is 0.270. The molecule has 5 heterocycles. The maximum Gasteiger partial charge on any atom is 0.475 e.